The summed E-state index contributed by atoms with van der Waals surface area (Å²) in [5.74, 6) is -0.722. The summed E-state index contributed by atoms with van der Waals surface area (Å²) in [7, 11) is 0. The van der Waals surface area contributed by atoms with E-state index in [9.17, 15) is 9.59 Å². The van der Waals surface area contributed by atoms with Crippen molar-refractivity contribution in [3.05, 3.63) is 45.9 Å². The number of benzene rings is 1. The first-order chi connectivity index (χ1) is 9.56. The SMILES string of the molecule is Cc1nc(CCC(=O)Nc2ccccc2C(N)=O)cs1. The van der Waals surface area contributed by atoms with Gasteiger partial charge in [0.1, 0.15) is 0 Å². The van der Waals surface area contributed by atoms with Crippen LogP contribution in [-0.2, 0) is 11.2 Å². The van der Waals surface area contributed by atoms with Gasteiger partial charge < -0.3 is 11.1 Å². The van der Waals surface area contributed by atoms with E-state index < -0.39 is 5.91 Å². The molecule has 20 heavy (non-hydrogen) atoms. The van der Waals surface area contributed by atoms with Crippen molar-refractivity contribution < 1.29 is 9.59 Å². The van der Waals surface area contributed by atoms with Crippen LogP contribution in [0.2, 0.25) is 0 Å². The van der Waals surface area contributed by atoms with Gasteiger partial charge in [-0.15, -0.1) is 11.3 Å². The number of amides is 2. The molecule has 0 radical (unpaired) electrons. The van der Waals surface area contributed by atoms with Crippen LogP contribution in [0.5, 0.6) is 0 Å². The van der Waals surface area contributed by atoms with E-state index in [0.717, 1.165) is 10.7 Å². The number of nitrogens with two attached hydrogens (primary N) is 1. The molecule has 0 saturated heterocycles. The minimum absolute atomic E-state index is 0.163. The predicted molar refractivity (Wildman–Crippen MR) is 78.8 cm³/mol. The fourth-order valence-corrected chi connectivity index (χ4v) is 2.43. The van der Waals surface area contributed by atoms with E-state index in [-0.39, 0.29) is 5.91 Å². The van der Waals surface area contributed by atoms with Crippen LogP contribution >= 0.6 is 11.3 Å². The van der Waals surface area contributed by atoms with Crippen molar-refractivity contribution in [3.8, 4) is 0 Å². The van der Waals surface area contributed by atoms with E-state index >= 15 is 0 Å². The number of rotatable bonds is 5. The lowest BCUT2D eigenvalue weighted by molar-refractivity contribution is -0.116. The second-order valence-electron chi connectivity index (χ2n) is 4.32. The van der Waals surface area contributed by atoms with Gasteiger partial charge in [-0.2, -0.15) is 0 Å². The Balaban J connectivity index is 1.96. The maximum atomic E-state index is 11.9. The predicted octanol–water partition coefficient (Wildman–Crippen LogP) is 2.12. The first-order valence-electron chi connectivity index (χ1n) is 6.16. The number of aryl methyl sites for hydroxylation is 2. The number of nitrogens with one attached hydrogen (secondary N) is 1. The number of carbonyl (C=O) groups excluding carboxylic acids is 2. The van der Waals surface area contributed by atoms with Crippen LogP contribution in [0, 0.1) is 6.92 Å². The van der Waals surface area contributed by atoms with Crippen molar-refractivity contribution in [1.82, 2.24) is 4.98 Å². The summed E-state index contributed by atoms with van der Waals surface area (Å²) in [5.41, 5.74) is 6.92. The zero-order chi connectivity index (χ0) is 14.5. The first-order valence-corrected chi connectivity index (χ1v) is 7.04. The normalized spacial score (nSPS) is 10.2. The summed E-state index contributed by atoms with van der Waals surface area (Å²) in [5, 5.41) is 5.63. The highest BCUT2D eigenvalue weighted by atomic mass is 32.1. The van der Waals surface area contributed by atoms with Crippen molar-refractivity contribution >= 4 is 28.8 Å². The molecule has 1 aromatic heterocycles. The van der Waals surface area contributed by atoms with E-state index in [1.54, 1.807) is 35.6 Å². The molecule has 2 amide bonds. The van der Waals surface area contributed by atoms with Gasteiger partial charge in [-0.25, -0.2) is 4.98 Å². The number of anilines is 1. The highest BCUT2D eigenvalue weighted by Crippen LogP contribution is 2.15. The number of hydrogen-bond donors (Lipinski definition) is 2. The molecule has 1 heterocycles. The number of primary amides is 1. The lowest BCUT2D eigenvalue weighted by Gasteiger charge is -2.08. The van der Waals surface area contributed by atoms with Gasteiger partial charge in [0, 0.05) is 11.8 Å². The first kappa shape index (κ1) is 14.2. The molecule has 0 spiro atoms. The van der Waals surface area contributed by atoms with Gasteiger partial charge in [-0.1, -0.05) is 12.1 Å². The summed E-state index contributed by atoms with van der Waals surface area (Å²) in [6.07, 6.45) is 0.894. The molecule has 0 bridgehead atoms. The summed E-state index contributed by atoms with van der Waals surface area (Å²) >= 11 is 1.56. The molecule has 104 valence electrons. The lowest BCUT2D eigenvalue weighted by atomic mass is 10.1. The zero-order valence-electron chi connectivity index (χ0n) is 11.1. The van der Waals surface area contributed by atoms with E-state index in [2.05, 4.69) is 10.3 Å². The van der Waals surface area contributed by atoms with Crippen LogP contribution in [0.25, 0.3) is 0 Å². The summed E-state index contributed by atoms with van der Waals surface area (Å²) in [6.45, 7) is 1.93. The number of thiazole rings is 1. The van der Waals surface area contributed by atoms with E-state index in [1.165, 1.54) is 0 Å². The Morgan fingerprint density at radius 1 is 1.35 bits per heavy atom. The van der Waals surface area contributed by atoms with Crippen molar-refractivity contribution in [2.75, 3.05) is 5.32 Å². The zero-order valence-corrected chi connectivity index (χ0v) is 11.9. The largest absolute Gasteiger partial charge is 0.366 e. The molecule has 5 nitrogen and oxygen atoms in total. The van der Waals surface area contributed by atoms with Gasteiger partial charge in [-0.05, 0) is 25.5 Å². The summed E-state index contributed by atoms with van der Waals surface area (Å²) in [6, 6.07) is 6.69. The molecule has 0 aliphatic rings. The third-order valence-corrected chi connectivity index (χ3v) is 3.56. The van der Waals surface area contributed by atoms with Crippen molar-refractivity contribution in [1.29, 1.82) is 0 Å². The van der Waals surface area contributed by atoms with Gasteiger partial charge >= 0.3 is 0 Å². The van der Waals surface area contributed by atoms with Crippen LogP contribution in [0.1, 0.15) is 27.5 Å². The molecule has 3 N–H and O–H groups in total. The molecule has 0 saturated carbocycles. The number of nitrogens with zero attached hydrogens (tertiary/aromatic N) is 1. The van der Waals surface area contributed by atoms with Crippen LogP contribution in [0.4, 0.5) is 5.69 Å². The van der Waals surface area contributed by atoms with Gasteiger partial charge in [-0.3, -0.25) is 9.59 Å². The van der Waals surface area contributed by atoms with Crippen molar-refractivity contribution in [3.63, 3.8) is 0 Å². The van der Waals surface area contributed by atoms with Crippen molar-refractivity contribution in [2.45, 2.75) is 19.8 Å². The smallest absolute Gasteiger partial charge is 0.250 e. The maximum absolute atomic E-state index is 11.9. The molecule has 0 unspecified atom stereocenters. The minimum atomic E-state index is -0.559. The fourth-order valence-electron chi connectivity index (χ4n) is 1.78. The highest BCUT2D eigenvalue weighted by Gasteiger charge is 2.10. The number of aromatic nitrogens is 1. The average molecular weight is 289 g/mol. The molecule has 0 fully saturated rings. The van der Waals surface area contributed by atoms with Gasteiger partial charge in [0.25, 0.3) is 5.91 Å². The third kappa shape index (κ3) is 3.64. The van der Waals surface area contributed by atoms with Gasteiger partial charge in [0.15, 0.2) is 0 Å². The topological polar surface area (TPSA) is 85.1 Å². The molecular weight excluding hydrogens is 274 g/mol. The summed E-state index contributed by atoms with van der Waals surface area (Å²) in [4.78, 5) is 27.4. The Kier molecular flexibility index (Phi) is 4.47. The van der Waals surface area contributed by atoms with Crippen molar-refractivity contribution in [2.24, 2.45) is 5.73 Å². The van der Waals surface area contributed by atoms with Crippen LogP contribution in [-0.4, -0.2) is 16.8 Å². The maximum Gasteiger partial charge on any atom is 0.250 e. The number of para-hydroxylation sites is 1. The number of hydrogen-bond acceptors (Lipinski definition) is 4. The second kappa shape index (κ2) is 6.29. The molecule has 6 heteroatoms. The molecular formula is C14H15N3O2S. The van der Waals surface area contributed by atoms with Crippen LogP contribution in [0.3, 0.4) is 0 Å². The van der Waals surface area contributed by atoms with Crippen LogP contribution in [0.15, 0.2) is 29.6 Å². The molecule has 2 rings (SSSR count). The molecule has 0 aliphatic carbocycles. The molecule has 2 aromatic rings. The Bertz CT molecular complexity index is 637. The van der Waals surface area contributed by atoms with Gasteiger partial charge in [0.05, 0.1) is 22.0 Å². The van der Waals surface area contributed by atoms with Gasteiger partial charge in [0.2, 0.25) is 5.91 Å². The summed E-state index contributed by atoms with van der Waals surface area (Å²) < 4.78 is 0. The fraction of sp³-hybridized carbons (Fsp3) is 0.214. The minimum Gasteiger partial charge on any atom is -0.366 e. The Morgan fingerprint density at radius 3 is 2.75 bits per heavy atom. The van der Waals surface area contributed by atoms with E-state index in [1.807, 2.05) is 12.3 Å². The second-order valence-corrected chi connectivity index (χ2v) is 5.38. The highest BCUT2D eigenvalue weighted by molar-refractivity contribution is 7.09. The Labute approximate surface area is 120 Å². The standard InChI is InChI=1S/C14H15N3O2S/c1-9-16-10(8-20-9)6-7-13(18)17-12-5-3-2-4-11(12)14(15)19/h2-5,8H,6-7H2,1H3,(H2,15,19)(H,17,18). The number of carbonyl (C=O) groups is 2. The molecule has 0 aliphatic heterocycles. The Hall–Kier alpha value is -2.21. The average Bonchev–Trinajstić information content (AvgIpc) is 2.83. The Morgan fingerprint density at radius 2 is 2.10 bits per heavy atom. The third-order valence-electron chi connectivity index (χ3n) is 2.74. The van der Waals surface area contributed by atoms with E-state index in [4.69, 9.17) is 5.73 Å². The van der Waals surface area contributed by atoms with Crippen LogP contribution < -0.4 is 11.1 Å². The lowest BCUT2D eigenvalue weighted by Crippen LogP contribution is -2.18. The van der Waals surface area contributed by atoms with E-state index in [0.29, 0.717) is 24.1 Å². The quantitative estimate of drug-likeness (QED) is 0.884. The molecule has 1 aromatic carbocycles. The molecule has 0 atom stereocenters. The monoisotopic (exact) mass is 289 g/mol.